The third kappa shape index (κ3) is 4.95. The maximum absolute atomic E-state index is 14.0. The quantitative estimate of drug-likeness (QED) is 0.655. The molecule has 1 aliphatic heterocycles. The number of carbonyl (C=O) groups is 1. The van der Waals surface area contributed by atoms with Gasteiger partial charge in [0.05, 0.1) is 20.5 Å². The zero-order valence-electron chi connectivity index (χ0n) is 17.9. The Labute approximate surface area is 193 Å². The molecule has 7 heteroatoms. The zero-order valence-corrected chi connectivity index (χ0v) is 19.5. The number of nitrogens with zero attached hydrogens (tertiary/aromatic N) is 1. The number of amides is 1. The Kier molecular flexibility index (Phi) is 7.08. The minimum absolute atomic E-state index is 0.0690. The van der Waals surface area contributed by atoms with E-state index >= 15 is 0 Å². The lowest BCUT2D eigenvalue weighted by molar-refractivity contribution is -0.124. The lowest BCUT2D eigenvalue weighted by Gasteiger charge is -2.41. The molecule has 2 aromatic carbocycles. The first kappa shape index (κ1) is 22.7. The van der Waals surface area contributed by atoms with E-state index in [9.17, 15) is 13.2 Å². The number of benzene rings is 2. The zero-order chi connectivity index (χ0) is 22.6. The van der Waals surface area contributed by atoms with Crippen LogP contribution in [-0.4, -0.2) is 37.1 Å². The van der Waals surface area contributed by atoms with E-state index in [1.807, 2.05) is 40.7 Å². The van der Waals surface area contributed by atoms with Crippen LogP contribution in [0.3, 0.4) is 0 Å². The van der Waals surface area contributed by atoms with E-state index in [2.05, 4.69) is 28.8 Å². The molecule has 0 spiro atoms. The number of carbonyl (C=O) groups excluding carboxylic acids is 1. The van der Waals surface area contributed by atoms with Crippen molar-refractivity contribution in [2.75, 3.05) is 6.54 Å². The molecule has 168 valence electrons. The van der Waals surface area contributed by atoms with Crippen molar-refractivity contribution < 1.29 is 13.2 Å². The van der Waals surface area contributed by atoms with Crippen LogP contribution in [0.5, 0.6) is 0 Å². The Morgan fingerprint density at radius 1 is 1.03 bits per heavy atom. The molecule has 4 atom stereocenters. The number of hydrogen-bond acceptors (Lipinski definition) is 3. The Balaban J connectivity index is 1.58. The maximum atomic E-state index is 14.0. The van der Waals surface area contributed by atoms with Crippen molar-refractivity contribution in [3.8, 4) is 0 Å². The van der Waals surface area contributed by atoms with Crippen molar-refractivity contribution in [1.82, 2.24) is 9.03 Å². The molecule has 4 unspecified atom stereocenters. The van der Waals surface area contributed by atoms with Gasteiger partial charge in [-0.15, -0.1) is 0 Å². The van der Waals surface area contributed by atoms with Crippen LogP contribution in [0, 0.1) is 5.92 Å². The van der Waals surface area contributed by atoms with Crippen LogP contribution in [-0.2, 0) is 25.5 Å². The van der Waals surface area contributed by atoms with E-state index in [-0.39, 0.29) is 11.9 Å². The molecular weight excluding hydrogens is 440 g/mol. The minimum atomic E-state index is -2.80. The predicted octanol–water partition coefficient (Wildman–Crippen LogP) is 3.87. The van der Waals surface area contributed by atoms with Gasteiger partial charge in [-0.25, -0.2) is 12.7 Å². The van der Waals surface area contributed by atoms with Gasteiger partial charge in [0.2, 0.25) is 5.91 Å². The summed E-state index contributed by atoms with van der Waals surface area (Å²) >= 11 is 0. The van der Waals surface area contributed by atoms with Crippen LogP contribution < -0.4 is 4.72 Å². The summed E-state index contributed by atoms with van der Waals surface area (Å²) in [5.74, 6) is 3.42. The molecule has 1 saturated heterocycles. The van der Waals surface area contributed by atoms with Crippen molar-refractivity contribution in [3.63, 3.8) is 0 Å². The van der Waals surface area contributed by atoms with Crippen molar-refractivity contribution in [1.29, 1.82) is 0 Å². The van der Waals surface area contributed by atoms with E-state index in [1.165, 1.54) is 0 Å². The summed E-state index contributed by atoms with van der Waals surface area (Å²) in [5.41, 5.74) is 1.13. The highest BCUT2D eigenvalue weighted by atomic mass is 32.2. The average Bonchev–Trinajstić information content (AvgIpc) is 2.85. The lowest BCUT2D eigenvalue weighted by Crippen LogP contribution is -2.51. The summed E-state index contributed by atoms with van der Waals surface area (Å²) < 4.78 is 31.1. The average molecular weight is 469 g/mol. The van der Waals surface area contributed by atoms with E-state index in [0.29, 0.717) is 29.2 Å². The molecule has 0 saturated carbocycles. The highest BCUT2D eigenvalue weighted by Gasteiger charge is 2.38. The lowest BCUT2D eigenvalue weighted by atomic mass is 9.88. The standard InChI is InChI=1S/C25H28N2O3S2/c1-32(30,23-15-9-4-10-16-23)27-19-21(17-18-24(27)20-11-5-2-6-12-20)25(28)26-31(29)22-13-7-3-8-14-22/h3-5,7-16,21,24H,1-2,6,17-19H2,(H,26,28). The van der Waals surface area contributed by atoms with Crippen LogP contribution >= 0.6 is 0 Å². The molecule has 2 aromatic rings. The Bertz CT molecular complexity index is 1140. The van der Waals surface area contributed by atoms with Crippen LogP contribution in [0.4, 0.5) is 0 Å². The molecule has 2 aliphatic rings. The normalized spacial score (nSPS) is 24.2. The van der Waals surface area contributed by atoms with Crippen LogP contribution in [0.2, 0.25) is 0 Å². The van der Waals surface area contributed by atoms with Crippen LogP contribution in [0.25, 0.3) is 0 Å². The predicted molar refractivity (Wildman–Crippen MR) is 131 cm³/mol. The Morgan fingerprint density at radius 2 is 1.72 bits per heavy atom. The third-order valence-corrected chi connectivity index (χ3v) is 9.21. The van der Waals surface area contributed by atoms with Crippen molar-refractivity contribution in [3.05, 3.63) is 84.5 Å². The minimum Gasteiger partial charge on any atom is -0.274 e. The summed E-state index contributed by atoms with van der Waals surface area (Å²) in [6.45, 7) is 0.297. The molecule has 1 heterocycles. The smallest absolute Gasteiger partial charge is 0.236 e. The van der Waals surface area contributed by atoms with E-state index in [4.69, 9.17) is 0 Å². The topological polar surface area (TPSA) is 66.5 Å². The Morgan fingerprint density at radius 3 is 2.38 bits per heavy atom. The fourth-order valence-corrected chi connectivity index (χ4v) is 7.02. The number of allylic oxidation sites excluding steroid dienone is 2. The first-order valence-corrected chi connectivity index (χ1v) is 13.6. The van der Waals surface area contributed by atoms with E-state index < -0.39 is 26.6 Å². The Hall–Kier alpha value is -2.48. The van der Waals surface area contributed by atoms with Gasteiger partial charge in [0.1, 0.15) is 0 Å². The van der Waals surface area contributed by atoms with Crippen LogP contribution in [0.1, 0.15) is 25.7 Å². The second-order valence-electron chi connectivity index (χ2n) is 8.08. The molecule has 5 nitrogen and oxygen atoms in total. The molecule has 1 amide bonds. The molecule has 1 aliphatic carbocycles. The van der Waals surface area contributed by atoms with E-state index in [0.717, 1.165) is 18.4 Å². The van der Waals surface area contributed by atoms with Gasteiger partial charge in [-0.3, -0.25) is 9.52 Å². The van der Waals surface area contributed by atoms with Gasteiger partial charge in [-0.05, 0) is 61.4 Å². The summed E-state index contributed by atoms with van der Waals surface area (Å²) in [5, 5.41) is 0. The van der Waals surface area contributed by atoms with Crippen LogP contribution in [0.15, 0.2) is 94.3 Å². The second kappa shape index (κ2) is 9.98. The molecule has 32 heavy (non-hydrogen) atoms. The fourth-order valence-electron chi connectivity index (χ4n) is 4.24. The largest absolute Gasteiger partial charge is 0.274 e. The molecule has 1 fully saturated rings. The highest BCUT2D eigenvalue weighted by molar-refractivity contribution is 7.98. The first-order valence-electron chi connectivity index (χ1n) is 10.8. The molecular formula is C25H28N2O3S2. The summed E-state index contributed by atoms with van der Waals surface area (Å²) in [6.07, 6.45) is 9.73. The van der Waals surface area contributed by atoms with Gasteiger partial charge < -0.3 is 0 Å². The van der Waals surface area contributed by atoms with E-state index in [1.54, 1.807) is 24.3 Å². The van der Waals surface area contributed by atoms with Crippen molar-refractivity contribution in [2.24, 2.45) is 5.92 Å². The number of rotatable bonds is 6. The third-order valence-electron chi connectivity index (χ3n) is 5.96. The van der Waals surface area contributed by atoms with Crippen molar-refractivity contribution >= 4 is 32.5 Å². The molecule has 0 aromatic heterocycles. The van der Waals surface area contributed by atoms with Gasteiger partial charge in [0.15, 0.2) is 11.0 Å². The molecule has 4 rings (SSSR count). The van der Waals surface area contributed by atoms with Gasteiger partial charge >= 0.3 is 0 Å². The SMILES string of the molecule is C=S(=O)(c1ccccc1)N1CC(C(=O)NS(=O)c2ccccc2)CCC1C1=CCCC=C1. The number of piperidine rings is 1. The van der Waals surface area contributed by atoms with Gasteiger partial charge in [-0.1, -0.05) is 54.6 Å². The summed E-state index contributed by atoms with van der Waals surface area (Å²) in [4.78, 5) is 14.2. The monoisotopic (exact) mass is 468 g/mol. The number of nitrogens with one attached hydrogen (secondary N) is 1. The van der Waals surface area contributed by atoms with Gasteiger partial charge in [0, 0.05) is 17.5 Å². The fraction of sp³-hybridized carbons (Fsp3) is 0.280. The summed E-state index contributed by atoms with van der Waals surface area (Å²) in [6, 6.07) is 18.0. The maximum Gasteiger partial charge on any atom is 0.236 e. The summed E-state index contributed by atoms with van der Waals surface area (Å²) in [7, 11) is -4.43. The van der Waals surface area contributed by atoms with Crippen molar-refractivity contribution in [2.45, 2.75) is 41.5 Å². The second-order valence-corrected chi connectivity index (χ2v) is 11.5. The van der Waals surface area contributed by atoms with Gasteiger partial charge in [0.25, 0.3) is 0 Å². The van der Waals surface area contributed by atoms with Gasteiger partial charge in [-0.2, -0.15) is 0 Å². The first-order chi connectivity index (χ1) is 15.5. The molecule has 0 radical (unpaired) electrons. The molecule has 1 N–H and O–H groups in total. The highest BCUT2D eigenvalue weighted by Crippen LogP contribution is 2.33. The number of hydrogen-bond donors (Lipinski definition) is 1. The molecule has 0 bridgehead atoms.